The Hall–Kier alpha value is -5.15. The maximum absolute atomic E-state index is 14.3. The molecule has 2 fully saturated rings. The SMILES string of the molecule is Cc1ncsc1-c1ccc([C@H](C)NC(=O)[C@@H]2C[C@@H](O)CN2C(=O)C(NC(=O)C(C)C2CCN(c3cc(-c4cccc(F)c4O)nnc3N)CC2)C(C)(C)C)cc1. The largest absolute Gasteiger partial charge is 0.504 e. The lowest BCUT2D eigenvalue weighted by Crippen LogP contribution is -2.58. The second-order valence-electron chi connectivity index (χ2n) is 16.1. The maximum Gasteiger partial charge on any atom is 0.246 e. The Morgan fingerprint density at radius 3 is 2.38 bits per heavy atom. The quantitative estimate of drug-likeness (QED) is 0.143. The number of hydrogen-bond acceptors (Lipinski definition) is 11. The van der Waals surface area contributed by atoms with E-state index in [1.807, 2.05) is 76.2 Å². The first-order valence-corrected chi connectivity index (χ1v) is 19.9. The molecule has 4 aromatic rings. The number of thiazole rings is 1. The van der Waals surface area contributed by atoms with Gasteiger partial charge < -0.3 is 36.4 Å². The average molecular weight is 787 g/mol. The van der Waals surface area contributed by atoms with Crippen LogP contribution in [0.5, 0.6) is 5.75 Å². The number of halogens is 1. The lowest BCUT2D eigenvalue weighted by molar-refractivity contribution is -0.145. The number of aromatic hydroxyl groups is 1. The minimum Gasteiger partial charge on any atom is -0.504 e. The number of benzene rings is 2. The summed E-state index contributed by atoms with van der Waals surface area (Å²) in [6.07, 6.45) is 0.512. The molecule has 0 spiro atoms. The van der Waals surface area contributed by atoms with Crippen molar-refractivity contribution in [1.82, 2.24) is 30.7 Å². The number of phenolic OH excluding ortho intramolecular Hbond substituents is 1. The van der Waals surface area contributed by atoms with Crippen LogP contribution >= 0.6 is 11.3 Å². The molecule has 2 aromatic heterocycles. The molecule has 298 valence electrons. The fourth-order valence-electron chi connectivity index (χ4n) is 7.64. The van der Waals surface area contributed by atoms with Gasteiger partial charge in [0, 0.05) is 37.5 Å². The summed E-state index contributed by atoms with van der Waals surface area (Å²) in [6.45, 7) is 12.4. The van der Waals surface area contributed by atoms with Gasteiger partial charge in [-0.1, -0.05) is 58.0 Å². The number of anilines is 2. The highest BCUT2D eigenvalue weighted by atomic mass is 32.1. The number of carbonyl (C=O) groups is 3. The van der Waals surface area contributed by atoms with Crippen LogP contribution in [0, 0.1) is 30.0 Å². The Morgan fingerprint density at radius 2 is 1.73 bits per heavy atom. The number of phenols is 1. The number of β-amino-alcohol motifs (C(OH)–C–C–N with tert-alkyl or cyclic N) is 1. The zero-order valence-electron chi connectivity index (χ0n) is 32.6. The first kappa shape index (κ1) is 40.5. The van der Waals surface area contributed by atoms with Crippen molar-refractivity contribution in [2.24, 2.45) is 17.3 Å². The van der Waals surface area contributed by atoms with Crippen LogP contribution in [0.4, 0.5) is 15.9 Å². The summed E-state index contributed by atoms with van der Waals surface area (Å²) in [7, 11) is 0. The zero-order valence-corrected chi connectivity index (χ0v) is 33.4. The lowest BCUT2D eigenvalue weighted by atomic mass is 9.82. The van der Waals surface area contributed by atoms with E-state index in [0.29, 0.717) is 31.6 Å². The highest BCUT2D eigenvalue weighted by Crippen LogP contribution is 2.36. The van der Waals surface area contributed by atoms with Gasteiger partial charge in [0.2, 0.25) is 17.7 Å². The van der Waals surface area contributed by atoms with Crippen LogP contribution in [-0.4, -0.2) is 85.8 Å². The van der Waals surface area contributed by atoms with Gasteiger partial charge in [0.05, 0.1) is 39.6 Å². The fraction of sp³-hybridized carbons (Fsp3) is 0.463. The molecule has 2 aliphatic heterocycles. The zero-order chi connectivity index (χ0) is 40.5. The predicted molar refractivity (Wildman–Crippen MR) is 214 cm³/mol. The van der Waals surface area contributed by atoms with Crippen molar-refractivity contribution in [1.29, 1.82) is 0 Å². The Kier molecular flexibility index (Phi) is 12.0. The monoisotopic (exact) mass is 786 g/mol. The lowest BCUT2D eigenvalue weighted by Gasteiger charge is -2.38. The van der Waals surface area contributed by atoms with Crippen LogP contribution in [0.1, 0.15) is 71.2 Å². The van der Waals surface area contributed by atoms with Gasteiger partial charge >= 0.3 is 0 Å². The summed E-state index contributed by atoms with van der Waals surface area (Å²) in [5, 5.41) is 35.1. The van der Waals surface area contributed by atoms with E-state index in [4.69, 9.17) is 5.73 Å². The molecule has 0 radical (unpaired) electrons. The van der Waals surface area contributed by atoms with Crippen LogP contribution in [0.25, 0.3) is 21.7 Å². The number of rotatable bonds is 10. The molecule has 2 saturated heterocycles. The number of piperidine rings is 1. The molecule has 3 amide bonds. The molecule has 6 N–H and O–H groups in total. The van der Waals surface area contributed by atoms with Crippen molar-refractivity contribution in [3.05, 3.63) is 71.1 Å². The van der Waals surface area contributed by atoms with E-state index in [0.717, 1.165) is 27.8 Å². The number of nitrogens with one attached hydrogen (secondary N) is 2. The first-order valence-electron chi connectivity index (χ1n) is 19.0. The Bertz CT molecular complexity index is 2060. The molecular formula is C41H51FN8O5S. The number of amides is 3. The number of para-hydroxylation sites is 1. The normalized spacial score (nSPS) is 19.4. The number of aromatic nitrogens is 3. The molecule has 5 atom stereocenters. The number of carbonyl (C=O) groups excluding carboxylic acids is 3. The number of nitrogens with zero attached hydrogens (tertiary/aromatic N) is 5. The van der Waals surface area contributed by atoms with Gasteiger partial charge in [0.25, 0.3) is 0 Å². The smallest absolute Gasteiger partial charge is 0.246 e. The van der Waals surface area contributed by atoms with Crippen molar-refractivity contribution >= 4 is 40.6 Å². The van der Waals surface area contributed by atoms with E-state index in [9.17, 15) is 29.0 Å². The van der Waals surface area contributed by atoms with E-state index < -0.39 is 47.0 Å². The second-order valence-corrected chi connectivity index (χ2v) is 16.9. The van der Waals surface area contributed by atoms with Gasteiger partial charge in [0.1, 0.15) is 12.1 Å². The minimum atomic E-state index is -0.946. The summed E-state index contributed by atoms with van der Waals surface area (Å²) < 4.78 is 14.0. The van der Waals surface area contributed by atoms with Crippen molar-refractivity contribution < 1.29 is 29.0 Å². The van der Waals surface area contributed by atoms with E-state index >= 15 is 0 Å². The van der Waals surface area contributed by atoms with Crippen LogP contribution in [0.15, 0.2) is 54.0 Å². The Balaban J connectivity index is 1.08. The molecule has 2 aliphatic rings. The standard InChI is InChI=1S/C41H51FN8O5S/c1-22(25-14-16-49(17-15-25)32-19-31(47-48-37(32)43)29-8-7-9-30(42)34(29)52)38(53)46-36(41(4,5)6)40(55)50-20-28(51)18-33(50)39(54)45-23(2)26-10-12-27(13-11-26)35-24(3)44-21-56-35/h7-13,19,21-23,25,28,33,36,51-52H,14-18,20H2,1-6H3,(H2,43,48)(H,45,54)(H,46,53)/t22?,23-,28+,33-,36?/m0/s1. The van der Waals surface area contributed by atoms with E-state index in [1.165, 1.54) is 11.0 Å². The number of hydrogen-bond donors (Lipinski definition) is 5. The van der Waals surface area contributed by atoms with Crippen molar-refractivity contribution in [3.8, 4) is 27.4 Å². The molecule has 6 rings (SSSR count). The highest BCUT2D eigenvalue weighted by molar-refractivity contribution is 7.13. The molecule has 0 saturated carbocycles. The molecular weight excluding hydrogens is 736 g/mol. The number of aryl methyl sites for hydroxylation is 1. The Morgan fingerprint density at radius 1 is 1.04 bits per heavy atom. The van der Waals surface area contributed by atoms with Crippen molar-refractivity contribution in [3.63, 3.8) is 0 Å². The molecule has 2 aromatic carbocycles. The highest BCUT2D eigenvalue weighted by Gasteiger charge is 2.45. The molecule has 0 aliphatic carbocycles. The average Bonchev–Trinajstić information content (AvgIpc) is 3.79. The number of nitrogen functional groups attached to an aromatic ring is 1. The number of aliphatic hydroxyl groups is 1. The Labute approximate surface area is 330 Å². The van der Waals surface area contributed by atoms with Gasteiger partial charge in [-0.25, -0.2) is 9.37 Å². The van der Waals surface area contributed by atoms with E-state index in [-0.39, 0.29) is 53.8 Å². The minimum absolute atomic E-state index is 0.00147. The van der Waals surface area contributed by atoms with E-state index in [1.54, 1.807) is 23.5 Å². The first-order chi connectivity index (χ1) is 26.5. The summed E-state index contributed by atoms with van der Waals surface area (Å²) in [6, 6.07) is 11.6. The summed E-state index contributed by atoms with van der Waals surface area (Å²) in [5.41, 5.74) is 11.3. The third kappa shape index (κ3) is 8.63. The van der Waals surface area contributed by atoms with E-state index in [2.05, 4.69) is 25.8 Å². The second kappa shape index (κ2) is 16.5. The third-order valence-corrected chi connectivity index (χ3v) is 12.1. The fourth-order valence-corrected chi connectivity index (χ4v) is 8.45. The van der Waals surface area contributed by atoms with Crippen molar-refractivity contribution in [2.45, 2.75) is 85.0 Å². The molecule has 15 heteroatoms. The molecule has 2 unspecified atom stereocenters. The molecule has 0 bridgehead atoms. The summed E-state index contributed by atoms with van der Waals surface area (Å²) in [5.74, 6) is -2.56. The van der Waals surface area contributed by atoms with Crippen LogP contribution in [0.3, 0.4) is 0 Å². The maximum atomic E-state index is 14.3. The molecule has 13 nitrogen and oxygen atoms in total. The van der Waals surface area contributed by atoms with Crippen LogP contribution in [-0.2, 0) is 14.4 Å². The van der Waals surface area contributed by atoms with Gasteiger partial charge in [-0.05, 0) is 67.3 Å². The van der Waals surface area contributed by atoms with Gasteiger partial charge in [-0.2, -0.15) is 0 Å². The van der Waals surface area contributed by atoms with Crippen molar-refractivity contribution in [2.75, 3.05) is 30.3 Å². The third-order valence-electron chi connectivity index (χ3n) is 11.1. The topological polar surface area (TPSA) is 187 Å². The number of likely N-dealkylation sites (tertiary alicyclic amines) is 1. The molecule has 56 heavy (non-hydrogen) atoms. The van der Waals surface area contributed by atoms with Gasteiger partial charge in [-0.15, -0.1) is 21.5 Å². The predicted octanol–water partition coefficient (Wildman–Crippen LogP) is 5.23. The van der Waals surface area contributed by atoms with Gasteiger partial charge in [-0.3, -0.25) is 14.4 Å². The summed E-state index contributed by atoms with van der Waals surface area (Å²) >= 11 is 1.57. The van der Waals surface area contributed by atoms with Crippen LogP contribution < -0.4 is 21.3 Å². The van der Waals surface area contributed by atoms with Crippen LogP contribution in [0.2, 0.25) is 0 Å². The number of nitrogens with two attached hydrogens (primary N) is 1. The molecule has 4 heterocycles. The summed E-state index contributed by atoms with van der Waals surface area (Å²) in [4.78, 5) is 50.7. The van der Waals surface area contributed by atoms with Gasteiger partial charge in [0.15, 0.2) is 17.4 Å². The number of aliphatic hydroxyl groups excluding tert-OH is 1.